The summed E-state index contributed by atoms with van der Waals surface area (Å²) in [7, 11) is 0. The summed E-state index contributed by atoms with van der Waals surface area (Å²) in [5.74, 6) is 0.999. The largest absolute Gasteiger partial charge is 0.342 e. The van der Waals surface area contributed by atoms with Crippen LogP contribution in [0.3, 0.4) is 0 Å². The summed E-state index contributed by atoms with van der Waals surface area (Å²) in [4.78, 5) is 17.7. The molecule has 1 aliphatic rings. The normalized spacial score (nSPS) is 18.5. The van der Waals surface area contributed by atoms with Crippen molar-refractivity contribution in [2.24, 2.45) is 0 Å². The van der Waals surface area contributed by atoms with Gasteiger partial charge in [0.25, 0.3) is 0 Å². The van der Waals surface area contributed by atoms with Crippen LogP contribution in [-0.4, -0.2) is 34.0 Å². The van der Waals surface area contributed by atoms with Gasteiger partial charge in [0.2, 0.25) is 11.8 Å². The zero-order valence-electron chi connectivity index (χ0n) is 12.5. The first-order valence-corrected chi connectivity index (χ1v) is 7.44. The van der Waals surface area contributed by atoms with Crippen LogP contribution in [0.4, 0.5) is 4.39 Å². The van der Waals surface area contributed by atoms with Gasteiger partial charge in [0, 0.05) is 26.4 Å². The zero-order valence-corrected chi connectivity index (χ0v) is 12.5. The Kier molecular flexibility index (Phi) is 4.18. The first-order valence-electron chi connectivity index (χ1n) is 7.44. The van der Waals surface area contributed by atoms with Gasteiger partial charge in [-0.2, -0.15) is 4.98 Å². The van der Waals surface area contributed by atoms with Crippen molar-refractivity contribution in [3.63, 3.8) is 0 Å². The minimum Gasteiger partial charge on any atom is -0.342 e. The van der Waals surface area contributed by atoms with E-state index in [1.54, 1.807) is 13.0 Å². The van der Waals surface area contributed by atoms with Crippen LogP contribution < -0.4 is 0 Å². The number of carbonyl (C=O) groups excluding carboxylic acids is 1. The van der Waals surface area contributed by atoms with Gasteiger partial charge in [0.05, 0.1) is 5.92 Å². The molecule has 1 aromatic carbocycles. The molecule has 1 aliphatic heterocycles. The maximum absolute atomic E-state index is 13.2. The Hall–Kier alpha value is -2.24. The molecule has 0 spiro atoms. The molecule has 0 aliphatic carbocycles. The van der Waals surface area contributed by atoms with E-state index in [9.17, 15) is 9.18 Å². The number of rotatable bonds is 3. The molecule has 0 bridgehead atoms. The molecule has 116 valence electrons. The standard InChI is InChI=1S/C16H18FN3O2/c1-11(21)20-7-3-5-13(10-20)16-18-15(19-22-16)9-12-4-2-6-14(17)8-12/h2,4,6,8,13H,3,5,7,9-10H2,1H3/t13-/m1/s1. The van der Waals surface area contributed by atoms with Crippen LogP contribution in [0.15, 0.2) is 28.8 Å². The van der Waals surface area contributed by atoms with E-state index in [4.69, 9.17) is 4.52 Å². The molecule has 22 heavy (non-hydrogen) atoms. The van der Waals surface area contributed by atoms with E-state index in [2.05, 4.69) is 10.1 Å². The number of hydrogen-bond donors (Lipinski definition) is 0. The lowest BCUT2D eigenvalue weighted by molar-refractivity contribution is -0.130. The number of hydrogen-bond acceptors (Lipinski definition) is 4. The summed E-state index contributed by atoms with van der Waals surface area (Å²) in [5.41, 5.74) is 0.807. The predicted molar refractivity (Wildman–Crippen MR) is 77.7 cm³/mol. The molecular formula is C16H18FN3O2. The van der Waals surface area contributed by atoms with E-state index in [1.807, 2.05) is 11.0 Å². The van der Waals surface area contributed by atoms with Gasteiger partial charge in [-0.1, -0.05) is 17.3 Å². The van der Waals surface area contributed by atoms with Crippen LogP contribution in [0.5, 0.6) is 0 Å². The molecule has 2 heterocycles. The molecule has 1 fully saturated rings. The molecule has 5 nitrogen and oxygen atoms in total. The van der Waals surface area contributed by atoms with Crippen molar-refractivity contribution < 1.29 is 13.7 Å². The molecule has 1 amide bonds. The van der Waals surface area contributed by atoms with E-state index in [0.717, 1.165) is 24.9 Å². The van der Waals surface area contributed by atoms with Crippen molar-refractivity contribution in [1.29, 1.82) is 0 Å². The fraction of sp³-hybridized carbons (Fsp3) is 0.438. The molecule has 1 saturated heterocycles. The lowest BCUT2D eigenvalue weighted by Crippen LogP contribution is -2.37. The fourth-order valence-electron chi connectivity index (χ4n) is 2.80. The first kappa shape index (κ1) is 14.7. The van der Waals surface area contributed by atoms with Crippen LogP contribution in [0, 0.1) is 5.82 Å². The number of benzene rings is 1. The molecule has 6 heteroatoms. The van der Waals surface area contributed by atoms with Gasteiger partial charge >= 0.3 is 0 Å². The third-order valence-electron chi connectivity index (χ3n) is 3.95. The molecule has 1 atom stereocenters. The van der Waals surface area contributed by atoms with Crippen molar-refractivity contribution in [3.8, 4) is 0 Å². The van der Waals surface area contributed by atoms with Crippen LogP contribution in [0.25, 0.3) is 0 Å². The van der Waals surface area contributed by atoms with Gasteiger partial charge < -0.3 is 9.42 Å². The summed E-state index contributed by atoms with van der Waals surface area (Å²) in [6.07, 6.45) is 2.31. The number of likely N-dealkylation sites (tertiary alicyclic amines) is 1. The Bertz CT molecular complexity index is 671. The highest BCUT2D eigenvalue weighted by Crippen LogP contribution is 2.26. The van der Waals surface area contributed by atoms with Gasteiger partial charge in [-0.15, -0.1) is 0 Å². The highest BCUT2D eigenvalue weighted by atomic mass is 19.1. The number of aromatic nitrogens is 2. The van der Waals surface area contributed by atoms with Gasteiger partial charge in [-0.3, -0.25) is 4.79 Å². The number of carbonyl (C=O) groups is 1. The smallest absolute Gasteiger partial charge is 0.231 e. The van der Waals surface area contributed by atoms with Gasteiger partial charge in [0.1, 0.15) is 5.82 Å². The summed E-state index contributed by atoms with van der Waals surface area (Å²) in [6, 6.07) is 6.37. The summed E-state index contributed by atoms with van der Waals surface area (Å²) in [6.45, 7) is 2.98. The van der Waals surface area contributed by atoms with Crippen LogP contribution in [0.2, 0.25) is 0 Å². The predicted octanol–water partition coefficient (Wildman–Crippen LogP) is 2.53. The monoisotopic (exact) mass is 303 g/mol. The Labute approximate surface area is 128 Å². The fourth-order valence-corrected chi connectivity index (χ4v) is 2.80. The molecule has 0 saturated carbocycles. The topological polar surface area (TPSA) is 59.2 Å². The number of halogens is 1. The Balaban J connectivity index is 1.69. The van der Waals surface area contributed by atoms with Crippen molar-refractivity contribution in [2.75, 3.05) is 13.1 Å². The van der Waals surface area contributed by atoms with Gasteiger partial charge in [0.15, 0.2) is 5.82 Å². The van der Waals surface area contributed by atoms with Crippen molar-refractivity contribution in [2.45, 2.75) is 32.1 Å². The van der Waals surface area contributed by atoms with E-state index in [0.29, 0.717) is 24.7 Å². The third-order valence-corrected chi connectivity index (χ3v) is 3.95. The molecule has 0 N–H and O–H groups in total. The minimum atomic E-state index is -0.273. The average molecular weight is 303 g/mol. The van der Waals surface area contributed by atoms with E-state index in [1.165, 1.54) is 12.1 Å². The van der Waals surface area contributed by atoms with Crippen LogP contribution >= 0.6 is 0 Å². The molecule has 0 unspecified atom stereocenters. The third kappa shape index (κ3) is 3.32. The maximum Gasteiger partial charge on any atom is 0.231 e. The first-order chi connectivity index (χ1) is 10.6. The number of amides is 1. The van der Waals surface area contributed by atoms with Crippen molar-refractivity contribution in [1.82, 2.24) is 15.0 Å². The Morgan fingerprint density at radius 2 is 2.36 bits per heavy atom. The minimum absolute atomic E-state index is 0.0733. The molecular weight excluding hydrogens is 285 g/mol. The zero-order chi connectivity index (χ0) is 15.5. The summed E-state index contributed by atoms with van der Waals surface area (Å²) < 4.78 is 18.5. The highest BCUT2D eigenvalue weighted by molar-refractivity contribution is 5.73. The summed E-state index contributed by atoms with van der Waals surface area (Å²) >= 11 is 0. The molecule has 0 radical (unpaired) electrons. The van der Waals surface area contributed by atoms with Crippen LogP contribution in [-0.2, 0) is 11.2 Å². The lowest BCUT2D eigenvalue weighted by Gasteiger charge is -2.29. The second-order valence-electron chi connectivity index (χ2n) is 5.66. The maximum atomic E-state index is 13.2. The summed E-state index contributed by atoms with van der Waals surface area (Å²) in [5, 5.41) is 3.97. The second-order valence-corrected chi connectivity index (χ2v) is 5.66. The van der Waals surface area contributed by atoms with E-state index >= 15 is 0 Å². The van der Waals surface area contributed by atoms with Crippen LogP contribution in [0.1, 0.15) is 43.0 Å². The number of piperidine rings is 1. The van der Waals surface area contributed by atoms with Gasteiger partial charge in [-0.25, -0.2) is 4.39 Å². The average Bonchev–Trinajstić information content (AvgIpc) is 2.96. The Morgan fingerprint density at radius 1 is 1.50 bits per heavy atom. The highest BCUT2D eigenvalue weighted by Gasteiger charge is 2.27. The molecule has 1 aromatic heterocycles. The van der Waals surface area contributed by atoms with E-state index in [-0.39, 0.29) is 17.6 Å². The van der Waals surface area contributed by atoms with Crippen molar-refractivity contribution in [3.05, 3.63) is 47.4 Å². The SMILES string of the molecule is CC(=O)N1CCC[C@@H](c2nc(Cc3cccc(F)c3)no2)C1. The molecule has 2 aromatic rings. The Morgan fingerprint density at radius 3 is 3.14 bits per heavy atom. The molecule has 3 rings (SSSR count). The van der Waals surface area contributed by atoms with E-state index < -0.39 is 0 Å². The number of nitrogens with zero attached hydrogens (tertiary/aromatic N) is 3. The van der Waals surface area contributed by atoms with Gasteiger partial charge in [-0.05, 0) is 30.5 Å². The second kappa shape index (κ2) is 6.25. The lowest BCUT2D eigenvalue weighted by atomic mass is 9.98. The quantitative estimate of drug-likeness (QED) is 0.874. The van der Waals surface area contributed by atoms with Crippen molar-refractivity contribution >= 4 is 5.91 Å².